The number of amides is 1. The Kier molecular flexibility index (Phi) is 5.36. The van der Waals surface area contributed by atoms with Crippen LogP contribution in [0, 0.1) is 0 Å². The van der Waals surface area contributed by atoms with Crippen molar-refractivity contribution in [2.45, 2.75) is 6.43 Å². The Bertz CT molecular complexity index is 120. The van der Waals surface area contributed by atoms with Crippen molar-refractivity contribution in [3.63, 3.8) is 0 Å². The highest BCUT2D eigenvalue weighted by Gasteiger charge is 2.01. The Balaban J connectivity index is 2.97. The van der Waals surface area contributed by atoms with Crippen LogP contribution in [0.3, 0.4) is 0 Å². The lowest BCUT2D eigenvalue weighted by molar-refractivity contribution is 0.00257. The van der Waals surface area contributed by atoms with E-state index >= 15 is 0 Å². The lowest BCUT2D eigenvalue weighted by Crippen LogP contribution is -2.17. The molecule has 2 N–H and O–H groups in total. The predicted molar refractivity (Wildman–Crippen MR) is 32.4 cm³/mol. The fourth-order valence-corrected chi connectivity index (χ4v) is 0.374. The smallest absolute Gasteiger partial charge is 0.404 e. The molecule has 0 heterocycles. The number of rotatable bonds is 5. The SMILES string of the molecule is NC(=O)OCCOCC(F)F. The van der Waals surface area contributed by atoms with Crippen molar-refractivity contribution in [3.05, 3.63) is 0 Å². The quantitative estimate of drug-likeness (QED) is 0.604. The molecule has 0 saturated carbocycles. The van der Waals surface area contributed by atoms with Gasteiger partial charge in [-0.05, 0) is 0 Å². The van der Waals surface area contributed by atoms with E-state index in [1.165, 1.54) is 0 Å². The van der Waals surface area contributed by atoms with Gasteiger partial charge in [-0.25, -0.2) is 13.6 Å². The minimum atomic E-state index is -2.50. The van der Waals surface area contributed by atoms with Gasteiger partial charge in [0, 0.05) is 0 Å². The van der Waals surface area contributed by atoms with Crippen LogP contribution in [0.4, 0.5) is 13.6 Å². The molecule has 0 radical (unpaired) electrons. The van der Waals surface area contributed by atoms with Gasteiger partial charge >= 0.3 is 6.09 Å². The van der Waals surface area contributed by atoms with Crippen LogP contribution in [0.15, 0.2) is 0 Å². The monoisotopic (exact) mass is 169 g/mol. The number of hydrogen-bond donors (Lipinski definition) is 1. The van der Waals surface area contributed by atoms with Crippen LogP contribution in [0.5, 0.6) is 0 Å². The molecule has 0 spiro atoms. The van der Waals surface area contributed by atoms with Gasteiger partial charge in [-0.2, -0.15) is 0 Å². The second kappa shape index (κ2) is 5.84. The molecule has 4 nitrogen and oxygen atoms in total. The minimum Gasteiger partial charge on any atom is -0.447 e. The lowest BCUT2D eigenvalue weighted by atomic mass is 10.7. The van der Waals surface area contributed by atoms with E-state index in [1.807, 2.05) is 0 Å². The van der Waals surface area contributed by atoms with Gasteiger partial charge in [0.1, 0.15) is 13.2 Å². The Morgan fingerprint density at radius 1 is 1.45 bits per heavy atom. The van der Waals surface area contributed by atoms with Crippen molar-refractivity contribution in [1.82, 2.24) is 0 Å². The number of hydrogen-bond acceptors (Lipinski definition) is 3. The largest absolute Gasteiger partial charge is 0.447 e. The van der Waals surface area contributed by atoms with Crippen LogP contribution in [0.25, 0.3) is 0 Å². The Hall–Kier alpha value is -0.910. The maximum absolute atomic E-state index is 11.4. The second-order valence-electron chi connectivity index (χ2n) is 1.63. The van der Waals surface area contributed by atoms with Gasteiger partial charge in [0.2, 0.25) is 0 Å². The highest BCUT2D eigenvalue weighted by atomic mass is 19.3. The molecule has 0 aliphatic rings. The molecule has 0 aromatic heterocycles. The minimum absolute atomic E-state index is 0.0622. The molecule has 1 amide bonds. The maximum Gasteiger partial charge on any atom is 0.404 e. The van der Waals surface area contributed by atoms with Crippen LogP contribution in [-0.4, -0.2) is 32.3 Å². The van der Waals surface area contributed by atoms with E-state index in [1.54, 1.807) is 0 Å². The lowest BCUT2D eigenvalue weighted by Gasteiger charge is -2.02. The number of carbonyl (C=O) groups is 1. The van der Waals surface area contributed by atoms with Crippen molar-refractivity contribution in [3.8, 4) is 0 Å². The van der Waals surface area contributed by atoms with Gasteiger partial charge in [0.05, 0.1) is 6.61 Å². The fraction of sp³-hybridized carbons (Fsp3) is 0.800. The molecule has 0 aromatic rings. The summed E-state index contributed by atoms with van der Waals surface area (Å²) in [7, 11) is 0. The number of carbonyl (C=O) groups excluding carboxylic acids is 1. The number of alkyl halides is 2. The van der Waals surface area contributed by atoms with Crippen LogP contribution >= 0.6 is 0 Å². The number of ether oxygens (including phenoxy) is 2. The van der Waals surface area contributed by atoms with Crippen LogP contribution in [-0.2, 0) is 9.47 Å². The predicted octanol–water partition coefficient (Wildman–Crippen LogP) is 0.363. The van der Waals surface area contributed by atoms with Crippen LogP contribution in [0.1, 0.15) is 0 Å². The van der Waals surface area contributed by atoms with Gasteiger partial charge in [-0.1, -0.05) is 0 Å². The van der Waals surface area contributed by atoms with E-state index in [9.17, 15) is 13.6 Å². The molecule has 6 heteroatoms. The first-order valence-electron chi connectivity index (χ1n) is 2.91. The first-order valence-corrected chi connectivity index (χ1v) is 2.91. The van der Waals surface area contributed by atoms with Gasteiger partial charge in [0.15, 0.2) is 0 Å². The molecule has 0 aliphatic carbocycles. The summed E-state index contributed by atoms with van der Waals surface area (Å²) in [5, 5.41) is 0. The average Bonchev–Trinajstić information content (AvgIpc) is 1.85. The molecule has 66 valence electrons. The summed E-state index contributed by atoms with van der Waals surface area (Å²) in [4.78, 5) is 9.89. The van der Waals surface area contributed by atoms with Crippen molar-refractivity contribution < 1.29 is 23.0 Å². The van der Waals surface area contributed by atoms with Crippen molar-refractivity contribution in [1.29, 1.82) is 0 Å². The van der Waals surface area contributed by atoms with Gasteiger partial charge in [0.25, 0.3) is 6.43 Å². The van der Waals surface area contributed by atoms with Crippen LogP contribution in [0.2, 0.25) is 0 Å². The first kappa shape index (κ1) is 10.1. The Morgan fingerprint density at radius 3 is 2.55 bits per heavy atom. The second-order valence-corrected chi connectivity index (χ2v) is 1.63. The van der Waals surface area contributed by atoms with E-state index < -0.39 is 19.1 Å². The van der Waals surface area contributed by atoms with E-state index in [-0.39, 0.29) is 13.2 Å². The summed E-state index contributed by atoms with van der Waals surface area (Å²) in [6, 6.07) is 0. The summed E-state index contributed by atoms with van der Waals surface area (Å²) in [6.07, 6.45) is -3.44. The summed E-state index contributed by atoms with van der Waals surface area (Å²) in [5.41, 5.74) is 4.57. The topological polar surface area (TPSA) is 61.6 Å². The summed E-state index contributed by atoms with van der Waals surface area (Å²) in [5.74, 6) is 0. The zero-order valence-corrected chi connectivity index (χ0v) is 5.76. The molecule has 0 unspecified atom stereocenters. The van der Waals surface area contributed by atoms with Crippen molar-refractivity contribution >= 4 is 6.09 Å². The Morgan fingerprint density at radius 2 is 2.09 bits per heavy atom. The maximum atomic E-state index is 11.4. The summed E-state index contributed by atoms with van der Waals surface area (Å²) < 4.78 is 31.3. The molecular weight excluding hydrogens is 160 g/mol. The highest BCUT2D eigenvalue weighted by Crippen LogP contribution is 1.91. The van der Waals surface area contributed by atoms with Crippen molar-refractivity contribution in [2.75, 3.05) is 19.8 Å². The van der Waals surface area contributed by atoms with E-state index in [4.69, 9.17) is 0 Å². The highest BCUT2D eigenvalue weighted by molar-refractivity contribution is 5.64. The zero-order valence-electron chi connectivity index (χ0n) is 5.76. The molecule has 11 heavy (non-hydrogen) atoms. The number of primary amides is 1. The van der Waals surface area contributed by atoms with E-state index in [0.717, 1.165) is 0 Å². The summed E-state index contributed by atoms with van der Waals surface area (Å²) in [6.45, 7) is -0.808. The number of halogens is 2. The molecule has 0 atom stereocenters. The standard InChI is InChI=1S/C5H9F2NO3/c6-4(7)3-10-1-2-11-5(8)9/h4H,1-3H2,(H2,8,9). The molecule has 0 fully saturated rings. The Labute approximate surface area is 62.3 Å². The third-order valence-corrected chi connectivity index (χ3v) is 0.716. The molecule has 0 aromatic carbocycles. The van der Waals surface area contributed by atoms with Crippen molar-refractivity contribution in [2.24, 2.45) is 5.73 Å². The molecular formula is C5H9F2NO3. The molecule has 0 bridgehead atoms. The van der Waals surface area contributed by atoms with Gasteiger partial charge in [-0.3, -0.25) is 0 Å². The van der Waals surface area contributed by atoms with Crippen LogP contribution < -0.4 is 5.73 Å². The fourth-order valence-electron chi connectivity index (χ4n) is 0.374. The third kappa shape index (κ3) is 9.09. The van der Waals surface area contributed by atoms with E-state index in [2.05, 4.69) is 15.2 Å². The molecule has 0 saturated heterocycles. The third-order valence-electron chi connectivity index (χ3n) is 0.716. The molecule has 0 aliphatic heterocycles. The number of nitrogens with two attached hydrogens (primary N) is 1. The normalized spacial score (nSPS) is 10.1. The van der Waals surface area contributed by atoms with Gasteiger partial charge < -0.3 is 15.2 Å². The zero-order chi connectivity index (χ0) is 8.69. The first-order chi connectivity index (χ1) is 5.13. The average molecular weight is 169 g/mol. The molecule has 0 rings (SSSR count). The van der Waals surface area contributed by atoms with Gasteiger partial charge in [-0.15, -0.1) is 0 Å². The summed E-state index contributed by atoms with van der Waals surface area (Å²) >= 11 is 0. The van der Waals surface area contributed by atoms with E-state index in [0.29, 0.717) is 0 Å².